The first-order valence-electron chi connectivity index (χ1n) is 28.8. The number of thiophene rings is 1. The Kier molecular flexibility index (Phi) is 3.85. The van der Waals surface area contributed by atoms with Crippen LogP contribution in [0.15, 0.2) is 194 Å². The van der Waals surface area contributed by atoms with Gasteiger partial charge in [-0.2, -0.15) is 0 Å². The molecule has 262 valence electrons. The van der Waals surface area contributed by atoms with E-state index in [0.29, 0.717) is 5.56 Å². The molecule has 0 atom stereocenters. The summed E-state index contributed by atoms with van der Waals surface area (Å²) < 4.78 is 215. The summed E-state index contributed by atoms with van der Waals surface area (Å²) in [6.07, 6.45) is 0. The van der Waals surface area contributed by atoms with E-state index in [9.17, 15) is 11.0 Å². The van der Waals surface area contributed by atoms with Gasteiger partial charge < -0.3 is 4.57 Å². The summed E-state index contributed by atoms with van der Waals surface area (Å²) in [5.74, 6) is -0.909. The number of rotatable bonds is 6. The molecule has 56 heavy (non-hydrogen) atoms. The smallest absolute Gasteiger partial charge is 0.166 e. The third-order valence-corrected chi connectivity index (χ3v) is 9.97. The van der Waals surface area contributed by atoms with E-state index in [1.807, 2.05) is 0 Å². The van der Waals surface area contributed by atoms with Crippen molar-refractivity contribution in [3.05, 3.63) is 194 Å². The van der Waals surface area contributed by atoms with Crippen molar-refractivity contribution in [2.75, 3.05) is 0 Å². The van der Waals surface area contributed by atoms with Crippen molar-refractivity contribution >= 4 is 53.3 Å². The molecule has 0 unspecified atom stereocenters. The average Bonchev–Trinajstić information content (AvgIpc) is 4.23. The fraction of sp³-hybridized carbons (Fsp3) is 0. The Morgan fingerprint density at radius 1 is 0.411 bits per heavy atom. The molecule has 0 saturated carbocycles. The van der Waals surface area contributed by atoms with Crippen LogP contribution in [0.1, 0.15) is 32.9 Å². The number of hydrogen-bond donors (Lipinski definition) is 0. The van der Waals surface area contributed by atoms with Crippen molar-refractivity contribution in [1.29, 1.82) is 0 Å². The SMILES string of the molecule is [2H]c1c([2H])c([2H])c(-c2nc(-c3ccccc3)nc(-c3ccc(-c4c([2H])c([2H])c5c(sc6c([2H])c([2H])c([2H])c([2H])c65)c4[2H])cc3-n3c4c([2H])c([2H])c([2H])c([2H])c4c4c([2H])c(-c5c([2H])c([2H])c([2H])c([2H])c5[2H])c([2H])c([2H])c43)n2)c([2H])c1[2H]. The minimum Gasteiger partial charge on any atom is -0.308 e. The summed E-state index contributed by atoms with van der Waals surface area (Å²) in [7, 11) is 0. The maximum absolute atomic E-state index is 9.80. The number of benzene rings is 8. The van der Waals surface area contributed by atoms with Crippen LogP contribution in [0.3, 0.4) is 0 Å². The lowest BCUT2D eigenvalue weighted by atomic mass is 10.00. The predicted molar refractivity (Wildman–Crippen MR) is 234 cm³/mol. The zero-order valence-corrected chi connectivity index (χ0v) is 29.1. The molecular formula is C51H32N4S. The Hall–Kier alpha value is -7.21. The van der Waals surface area contributed by atoms with E-state index in [-0.39, 0.29) is 54.2 Å². The topological polar surface area (TPSA) is 43.6 Å². The maximum Gasteiger partial charge on any atom is 0.166 e. The quantitative estimate of drug-likeness (QED) is 0.170. The van der Waals surface area contributed by atoms with E-state index in [1.54, 1.807) is 30.3 Å². The summed E-state index contributed by atoms with van der Waals surface area (Å²) in [6, 6.07) is -4.73. The highest BCUT2D eigenvalue weighted by Gasteiger charge is 2.21. The van der Waals surface area contributed by atoms with Crippen molar-refractivity contribution in [1.82, 2.24) is 19.5 Å². The van der Waals surface area contributed by atoms with Crippen LogP contribution in [-0.2, 0) is 0 Å². The molecule has 0 amide bonds. The lowest BCUT2D eigenvalue weighted by Crippen LogP contribution is -2.04. The van der Waals surface area contributed by atoms with Crippen LogP contribution in [0.2, 0.25) is 0 Å². The van der Waals surface area contributed by atoms with Crippen LogP contribution in [0.4, 0.5) is 0 Å². The van der Waals surface area contributed by atoms with Crippen LogP contribution < -0.4 is 0 Å². The molecular weight excluding hydrogens is 701 g/mol. The monoisotopic (exact) mass is 756 g/mol. The number of hydrogen-bond acceptors (Lipinski definition) is 4. The van der Waals surface area contributed by atoms with Crippen LogP contribution in [0, 0.1) is 0 Å². The molecule has 3 heterocycles. The lowest BCUT2D eigenvalue weighted by molar-refractivity contribution is 1.06. The van der Waals surface area contributed by atoms with Crippen LogP contribution in [0.5, 0.6) is 0 Å². The fourth-order valence-corrected chi connectivity index (χ4v) is 7.41. The van der Waals surface area contributed by atoms with Crippen molar-refractivity contribution in [2.24, 2.45) is 0 Å². The van der Waals surface area contributed by atoms with Crippen LogP contribution in [-0.4, -0.2) is 19.5 Å². The predicted octanol–water partition coefficient (Wildman–Crippen LogP) is 13.7. The van der Waals surface area contributed by atoms with Gasteiger partial charge in [0.05, 0.1) is 49.6 Å². The van der Waals surface area contributed by atoms with E-state index in [4.69, 9.17) is 31.9 Å². The standard InChI is InChI=1S/C51H32N4S/c1-4-14-33(15-5-1)36-26-29-45-43(30-36)39-20-10-12-22-44(39)55(45)46-31-37(38-24-27-41-40-21-11-13-23-47(40)56-48(41)32-38)25-28-42(46)51-53-49(34-16-6-2-7-17-34)52-50(54-51)35-18-8-3-9-19-35/h1-32H/i1D,2D,4D,5D,6D,7D,10D,11D,12D,13D,14D,15D,16D,17D,20D,21D,22D,23D,24D,26D,27D,29D,30D,32D. The van der Waals surface area contributed by atoms with E-state index in [1.165, 1.54) is 18.2 Å². The minimum absolute atomic E-state index is 0.000782. The molecule has 0 aliphatic carbocycles. The van der Waals surface area contributed by atoms with Crippen molar-refractivity contribution in [3.8, 4) is 62.1 Å². The van der Waals surface area contributed by atoms with Gasteiger partial charge in [0.1, 0.15) is 0 Å². The second-order valence-corrected chi connectivity index (χ2v) is 13.2. The molecule has 4 nitrogen and oxygen atoms in total. The van der Waals surface area contributed by atoms with Gasteiger partial charge in [0, 0.05) is 47.6 Å². The van der Waals surface area contributed by atoms with Gasteiger partial charge in [-0.05, 0) is 64.6 Å². The Bertz CT molecular complexity index is 4600. The van der Waals surface area contributed by atoms with E-state index in [0.717, 1.165) is 15.9 Å². The average molecular weight is 757 g/mol. The Balaban J connectivity index is 1.35. The first-order valence-corrected chi connectivity index (χ1v) is 17.6. The molecule has 0 bridgehead atoms. The number of para-hydroxylation sites is 1. The van der Waals surface area contributed by atoms with Gasteiger partial charge in [-0.25, -0.2) is 15.0 Å². The molecule has 8 aromatic carbocycles. The molecule has 3 aromatic heterocycles. The highest BCUT2D eigenvalue weighted by molar-refractivity contribution is 7.25. The van der Waals surface area contributed by atoms with Crippen molar-refractivity contribution in [3.63, 3.8) is 0 Å². The molecule has 11 rings (SSSR count). The second-order valence-electron chi connectivity index (χ2n) is 12.2. The first kappa shape index (κ1) is 16.3. The van der Waals surface area contributed by atoms with Gasteiger partial charge in [0.15, 0.2) is 17.5 Å². The third-order valence-electron chi connectivity index (χ3n) is 8.95. The lowest BCUT2D eigenvalue weighted by Gasteiger charge is -2.16. The normalized spacial score (nSPS) is 17.6. The van der Waals surface area contributed by atoms with Crippen LogP contribution >= 0.6 is 11.3 Å². The van der Waals surface area contributed by atoms with Gasteiger partial charge in [-0.1, -0.05) is 151 Å². The van der Waals surface area contributed by atoms with Gasteiger partial charge in [-0.3, -0.25) is 0 Å². The number of nitrogens with zero attached hydrogens (tertiary/aromatic N) is 4. The number of aromatic nitrogens is 4. The van der Waals surface area contributed by atoms with Crippen LogP contribution in [0.25, 0.3) is 104 Å². The second kappa shape index (κ2) is 13.3. The summed E-state index contributed by atoms with van der Waals surface area (Å²) in [5.41, 5.74) is -3.06. The summed E-state index contributed by atoms with van der Waals surface area (Å²) in [6.45, 7) is 0. The Morgan fingerprint density at radius 2 is 1.04 bits per heavy atom. The molecule has 0 fully saturated rings. The Morgan fingerprint density at radius 3 is 1.86 bits per heavy atom. The molecule has 0 radical (unpaired) electrons. The molecule has 5 heteroatoms. The molecule has 0 aliphatic rings. The maximum atomic E-state index is 9.80. The summed E-state index contributed by atoms with van der Waals surface area (Å²) in [4.78, 5) is 14.1. The molecule has 11 aromatic rings. The first-order chi connectivity index (χ1) is 37.7. The molecule has 0 N–H and O–H groups in total. The Labute approximate surface area is 361 Å². The zero-order valence-electron chi connectivity index (χ0n) is 52.3. The number of fused-ring (bicyclic) bond motifs is 6. The van der Waals surface area contributed by atoms with Gasteiger partial charge in [0.25, 0.3) is 0 Å². The molecule has 0 saturated heterocycles. The molecule has 0 aliphatic heterocycles. The summed E-state index contributed by atoms with van der Waals surface area (Å²) in [5, 5.41) is -1.05. The van der Waals surface area contributed by atoms with E-state index in [2.05, 4.69) is 4.98 Å². The van der Waals surface area contributed by atoms with Gasteiger partial charge in [-0.15, -0.1) is 11.3 Å². The molecule has 0 spiro atoms. The third kappa shape index (κ3) is 5.48. The highest BCUT2D eigenvalue weighted by atomic mass is 32.1. The summed E-state index contributed by atoms with van der Waals surface area (Å²) >= 11 is 0.795. The van der Waals surface area contributed by atoms with Gasteiger partial charge >= 0.3 is 0 Å². The fourth-order valence-electron chi connectivity index (χ4n) is 6.44. The zero-order chi connectivity index (χ0) is 57.9. The van der Waals surface area contributed by atoms with Crippen molar-refractivity contribution < 1.29 is 32.9 Å². The van der Waals surface area contributed by atoms with Crippen molar-refractivity contribution in [2.45, 2.75) is 0 Å². The van der Waals surface area contributed by atoms with Gasteiger partial charge in [0.2, 0.25) is 0 Å². The minimum atomic E-state index is -0.877. The largest absolute Gasteiger partial charge is 0.308 e. The van der Waals surface area contributed by atoms with E-state index < -0.39 is 189 Å². The van der Waals surface area contributed by atoms with E-state index >= 15 is 0 Å². The highest BCUT2D eigenvalue weighted by Crippen LogP contribution is 2.41.